The first-order valence-electron chi connectivity index (χ1n) is 4.72. The van der Waals surface area contributed by atoms with Gasteiger partial charge in [-0.2, -0.15) is 11.8 Å². The highest BCUT2D eigenvalue weighted by molar-refractivity contribution is 8.00. The average Bonchev–Trinajstić information content (AvgIpc) is 2.71. The molecule has 4 heteroatoms. The Hall–Kier alpha value is -0.0600. The van der Waals surface area contributed by atoms with E-state index in [1.165, 1.54) is 0 Å². The number of hydrogen-bond donors (Lipinski definition) is 0. The Bertz CT molecular complexity index is 183. The van der Waals surface area contributed by atoms with Crippen molar-refractivity contribution < 1.29 is 14.3 Å². The van der Waals surface area contributed by atoms with Crippen molar-refractivity contribution in [3.63, 3.8) is 0 Å². The van der Waals surface area contributed by atoms with Gasteiger partial charge >= 0.3 is 0 Å². The summed E-state index contributed by atoms with van der Waals surface area (Å²) < 4.78 is 10.6. The third kappa shape index (κ3) is 2.24. The molecule has 2 saturated heterocycles. The van der Waals surface area contributed by atoms with Gasteiger partial charge in [0.1, 0.15) is 6.10 Å². The smallest absolute Gasteiger partial charge is 0.176 e. The van der Waals surface area contributed by atoms with Gasteiger partial charge in [-0.05, 0) is 18.6 Å². The maximum absolute atomic E-state index is 11.8. The zero-order chi connectivity index (χ0) is 9.10. The monoisotopic (exact) mass is 202 g/mol. The third-order valence-corrected chi connectivity index (χ3v) is 3.78. The molecule has 0 aliphatic carbocycles. The van der Waals surface area contributed by atoms with E-state index >= 15 is 0 Å². The van der Waals surface area contributed by atoms with Gasteiger partial charge in [0.25, 0.3) is 0 Å². The molecule has 0 aromatic carbocycles. The van der Waals surface area contributed by atoms with Gasteiger partial charge < -0.3 is 9.47 Å². The van der Waals surface area contributed by atoms with Gasteiger partial charge in [0.15, 0.2) is 5.78 Å². The van der Waals surface area contributed by atoms with Crippen molar-refractivity contribution in [2.75, 3.05) is 25.6 Å². The van der Waals surface area contributed by atoms with E-state index in [1.807, 2.05) is 0 Å². The summed E-state index contributed by atoms with van der Waals surface area (Å²) in [5.74, 6) is 1.35. The molecule has 2 fully saturated rings. The van der Waals surface area contributed by atoms with Crippen molar-refractivity contribution in [1.82, 2.24) is 0 Å². The molecule has 2 aliphatic rings. The number of carbonyl (C=O) groups excluding carboxylic acids is 1. The fourth-order valence-corrected chi connectivity index (χ4v) is 2.93. The molecule has 3 nitrogen and oxygen atoms in total. The lowest BCUT2D eigenvalue weighted by atomic mass is 10.1. The Balaban J connectivity index is 1.87. The summed E-state index contributed by atoms with van der Waals surface area (Å²) >= 11 is 1.76. The van der Waals surface area contributed by atoms with Crippen LogP contribution >= 0.6 is 11.8 Å². The van der Waals surface area contributed by atoms with Gasteiger partial charge in [-0.25, -0.2) is 0 Å². The third-order valence-electron chi connectivity index (χ3n) is 2.38. The minimum absolute atomic E-state index is 0.173. The van der Waals surface area contributed by atoms with E-state index in [1.54, 1.807) is 11.8 Å². The molecular formula is C9H14O3S. The van der Waals surface area contributed by atoms with Crippen molar-refractivity contribution in [1.29, 1.82) is 0 Å². The molecule has 0 aromatic heterocycles. The molecule has 2 atom stereocenters. The molecule has 2 rings (SSSR count). The van der Waals surface area contributed by atoms with Gasteiger partial charge in [0, 0.05) is 0 Å². The first-order valence-corrected chi connectivity index (χ1v) is 5.77. The van der Waals surface area contributed by atoms with Crippen molar-refractivity contribution in [3.05, 3.63) is 0 Å². The van der Waals surface area contributed by atoms with E-state index in [9.17, 15) is 4.79 Å². The highest BCUT2D eigenvalue weighted by atomic mass is 32.2. The zero-order valence-corrected chi connectivity index (χ0v) is 8.35. The van der Waals surface area contributed by atoms with Gasteiger partial charge in [0.2, 0.25) is 0 Å². The Kier molecular flexibility index (Phi) is 3.24. The predicted molar refractivity (Wildman–Crippen MR) is 51.0 cm³/mol. The number of carbonyl (C=O) groups is 1. The number of thioether (sulfide) groups is 1. The fourth-order valence-electron chi connectivity index (χ4n) is 1.66. The van der Waals surface area contributed by atoms with E-state index in [2.05, 4.69) is 0 Å². The van der Waals surface area contributed by atoms with Crippen LogP contribution in [0.3, 0.4) is 0 Å². The zero-order valence-electron chi connectivity index (χ0n) is 7.53. The van der Waals surface area contributed by atoms with E-state index in [0.29, 0.717) is 19.8 Å². The molecule has 2 heterocycles. The van der Waals surface area contributed by atoms with Crippen molar-refractivity contribution in [2.45, 2.75) is 24.2 Å². The van der Waals surface area contributed by atoms with Crippen LogP contribution in [0.1, 0.15) is 12.8 Å². The van der Waals surface area contributed by atoms with Crippen LogP contribution < -0.4 is 0 Å². The van der Waals surface area contributed by atoms with Crippen LogP contribution in [0.2, 0.25) is 0 Å². The van der Waals surface area contributed by atoms with Crippen LogP contribution in [-0.2, 0) is 14.3 Å². The first kappa shape index (κ1) is 9.49. The quantitative estimate of drug-likeness (QED) is 0.665. The standard InChI is InChI=1S/C9H14O3S/c10-9(8-2-1-5-13-8)7-6-11-3-4-12-7/h7-8H,1-6H2. The number of ether oxygens (including phenoxy) is 2. The molecular weight excluding hydrogens is 188 g/mol. The lowest BCUT2D eigenvalue weighted by Crippen LogP contribution is -2.39. The largest absolute Gasteiger partial charge is 0.376 e. The molecule has 74 valence electrons. The van der Waals surface area contributed by atoms with Gasteiger partial charge in [0.05, 0.1) is 25.1 Å². The highest BCUT2D eigenvalue weighted by Crippen LogP contribution is 2.28. The summed E-state index contributed by atoms with van der Waals surface area (Å²) in [6.45, 7) is 1.64. The van der Waals surface area contributed by atoms with Crippen molar-refractivity contribution >= 4 is 17.5 Å². The van der Waals surface area contributed by atoms with Gasteiger partial charge in [-0.15, -0.1) is 0 Å². The number of ketones is 1. The van der Waals surface area contributed by atoms with Crippen LogP contribution in [0.25, 0.3) is 0 Å². The average molecular weight is 202 g/mol. The molecule has 0 saturated carbocycles. The maximum atomic E-state index is 11.8. The topological polar surface area (TPSA) is 35.5 Å². The van der Waals surface area contributed by atoms with Crippen LogP contribution in [0.5, 0.6) is 0 Å². The van der Waals surface area contributed by atoms with Crippen LogP contribution in [0.15, 0.2) is 0 Å². The second-order valence-corrected chi connectivity index (χ2v) is 4.65. The van der Waals surface area contributed by atoms with Crippen LogP contribution in [0, 0.1) is 0 Å². The summed E-state index contributed by atoms with van der Waals surface area (Å²) in [4.78, 5) is 11.8. The second kappa shape index (κ2) is 4.44. The fraction of sp³-hybridized carbons (Fsp3) is 0.889. The van der Waals surface area contributed by atoms with Crippen molar-refractivity contribution in [3.8, 4) is 0 Å². The summed E-state index contributed by atoms with van der Waals surface area (Å²) in [6, 6.07) is 0. The Morgan fingerprint density at radius 1 is 1.38 bits per heavy atom. The number of Topliss-reactive ketones (excluding diaryl/α,β-unsaturated/α-hetero) is 1. The molecule has 0 N–H and O–H groups in total. The highest BCUT2D eigenvalue weighted by Gasteiger charge is 2.31. The first-order chi connectivity index (χ1) is 6.38. The maximum Gasteiger partial charge on any atom is 0.176 e. The van der Waals surface area contributed by atoms with Crippen molar-refractivity contribution in [2.24, 2.45) is 0 Å². The molecule has 0 bridgehead atoms. The number of rotatable bonds is 2. The summed E-state index contributed by atoms with van der Waals surface area (Å²) in [5, 5.41) is 0.173. The lowest BCUT2D eigenvalue weighted by molar-refractivity contribution is -0.144. The number of hydrogen-bond acceptors (Lipinski definition) is 4. The normalized spacial score (nSPS) is 34.8. The molecule has 13 heavy (non-hydrogen) atoms. The lowest BCUT2D eigenvalue weighted by Gasteiger charge is -2.23. The Morgan fingerprint density at radius 3 is 2.92 bits per heavy atom. The predicted octanol–water partition coefficient (Wildman–Crippen LogP) is 0.866. The van der Waals surface area contributed by atoms with E-state index < -0.39 is 0 Å². The van der Waals surface area contributed by atoms with E-state index in [4.69, 9.17) is 9.47 Å². The Morgan fingerprint density at radius 2 is 2.31 bits per heavy atom. The van der Waals surface area contributed by atoms with E-state index in [-0.39, 0.29) is 17.1 Å². The molecule has 2 unspecified atom stereocenters. The van der Waals surface area contributed by atoms with Crippen LogP contribution in [-0.4, -0.2) is 42.7 Å². The minimum Gasteiger partial charge on any atom is -0.376 e. The molecule has 0 amide bonds. The van der Waals surface area contributed by atoms with Crippen LogP contribution in [0.4, 0.5) is 0 Å². The molecule has 0 radical (unpaired) electrons. The minimum atomic E-state index is -0.288. The Labute approximate surface area is 82.2 Å². The summed E-state index contributed by atoms with van der Waals surface area (Å²) in [6.07, 6.45) is 1.89. The molecule has 2 aliphatic heterocycles. The summed E-state index contributed by atoms with van der Waals surface area (Å²) in [5.41, 5.74) is 0. The summed E-state index contributed by atoms with van der Waals surface area (Å²) in [7, 11) is 0. The SMILES string of the molecule is O=C(C1COCCO1)C1CCCS1. The van der Waals surface area contributed by atoms with Gasteiger partial charge in [-0.1, -0.05) is 0 Å². The second-order valence-electron chi connectivity index (χ2n) is 3.34. The van der Waals surface area contributed by atoms with Gasteiger partial charge in [-0.3, -0.25) is 4.79 Å². The molecule has 0 spiro atoms. The van der Waals surface area contributed by atoms with E-state index in [0.717, 1.165) is 18.6 Å². The molecule has 0 aromatic rings.